The van der Waals surface area contributed by atoms with Gasteiger partial charge in [0.05, 0.1) is 33.1 Å². The van der Waals surface area contributed by atoms with Crippen molar-refractivity contribution >= 4 is 23.5 Å². The lowest BCUT2D eigenvalue weighted by Gasteiger charge is -2.31. The number of nitrogens with zero attached hydrogens (tertiary/aromatic N) is 1. The highest BCUT2D eigenvalue weighted by Crippen LogP contribution is 2.24. The molecule has 1 saturated heterocycles. The molecule has 2 aromatic rings. The second-order valence-electron chi connectivity index (χ2n) is 8.24. The summed E-state index contributed by atoms with van der Waals surface area (Å²) in [6.45, 7) is 2.81. The normalized spacial score (nSPS) is 13.7. The standard InChI is InChI=1S/C23H28F2N2O4.C2H2O4/c1-29-19-9-17(10-20(12-19)30-2)15-31-14-16-5-7-27(8-6-16)13-23(28)26-22-4-3-18(24)11-21(22)25;3-1(4)2(5)6/h3-4,9-12,16H,5-8,13-15H2,1-2H3,(H,26,28);(H,3,4)(H,5,6). The Bertz CT molecular complexity index is 1040. The summed E-state index contributed by atoms with van der Waals surface area (Å²) < 4.78 is 43.1. The molecule has 0 unspecified atom stereocenters. The molecule has 0 bridgehead atoms. The van der Waals surface area contributed by atoms with Gasteiger partial charge in [-0.3, -0.25) is 9.69 Å². The molecule has 0 radical (unpaired) electrons. The first-order valence-corrected chi connectivity index (χ1v) is 11.3. The van der Waals surface area contributed by atoms with Crippen molar-refractivity contribution in [3.8, 4) is 11.5 Å². The van der Waals surface area contributed by atoms with E-state index in [2.05, 4.69) is 5.32 Å². The molecule has 0 aliphatic carbocycles. The van der Waals surface area contributed by atoms with E-state index in [1.165, 1.54) is 6.07 Å². The van der Waals surface area contributed by atoms with Gasteiger partial charge in [-0.15, -0.1) is 0 Å². The number of benzene rings is 2. The predicted molar refractivity (Wildman–Crippen MR) is 129 cm³/mol. The van der Waals surface area contributed by atoms with E-state index in [9.17, 15) is 13.6 Å². The first-order chi connectivity index (χ1) is 17.6. The number of amides is 1. The molecule has 0 spiro atoms. The van der Waals surface area contributed by atoms with Gasteiger partial charge in [0.25, 0.3) is 0 Å². The molecule has 2 aromatic carbocycles. The van der Waals surface area contributed by atoms with Crippen LogP contribution in [0.5, 0.6) is 11.5 Å². The summed E-state index contributed by atoms with van der Waals surface area (Å²) in [5, 5.41) is 17.3. The van der Waals surface area contributed by atoms with Crippen molar-refractivity contribution in [3.05, 3.63) is 53.6 Å². The molecule has 1 heterocycles. The molecular formula is C25H30F2N2O8. The summed E-state index contributed by atoms with van der Waals surface area (Å²) in [5.41, 5.74) is 0.974. The Morgan fingerprint density at radius 3 is 2.08 bits per heavy atom. The number of anilines is 1. The van der Waals surface area contributed by atoms with Gasteiger partial charge in [-0.25, -0.2) is 18.4 Å². The lowest BCUT2D eigenvalue weighted by atomic mass is 9.98. The van der Waals surface area contributed by atoms with Crippen LogP contribution in [0.25, 0.3) is 0 Å². The fourth-order valence-electron chi connectivity index (χ4n) is 3.59. The SMILES string of the molecule is COc1cc(COCC2CCN(CC(=O)Nc3ccc(F)cc3F)CC2)cc(OC)c1.O=C(O)C(=O)O. The quantitative estimate of drug-likeness (QED) is 0.423. The van der Waals surface area contributed by atoms with Gasteiger partial charge in [0.1, 0.15) is 23.1 Å². The monoisotopic (exact) mass is 524 g/mol. The number of halogens is 2. The number of carboxylic acid groups (broad SMARTS) is 2. The molecule has 3 N–H and O–H groups in total. The van der Waals surface area contributed by atoms with Gasteiger partial charge in [-0.1, -0.05) is 0 Å². The molecule has 37 heavy (non-hydrogen) atoms. The molecule has 3 rings (SSSR count). The Kier molecular flexibility index (Phi) is 11.7. The largest absolute Gasteiger partial charge is 0.497 e. The fourth-order valence-corrected chi connectivity index (χ4v) is 3.59. The van der Waals surface area contributed by atoms with E-state index in [4.69, 9.17) is 34.0 Å². The van der Waals surface area contributed by atoms with Crippen LogP contribution in [-0.2, 0) is 25.7 Å². The minimum absolute atomic E-state index is 0.0103. The zero-order valence-corrected chi connectivity index (χ0v) is 20.5. The van der Waals surface area contributed by atoms with Crippen molar-refractivity contribution in [3.63, 3.8) is 0 Å². The maximum absolute atomic E-state index is 13.7. The average Bonchev–Trinajstić information content (AvgIpc) is 2.87. The predicted octanol–water partition coefficient (Wildman–Crippen LogP) is 3.00. The molecule has 202 valence electrons. The summed E-state index contributed by atoms with van der Waals surface area (Å²) in [7, 11) is 3.23. The molecule has 0 atom stereocenters. The van der Waals surface area contributed by atoms with Crippen molar-refractivity contribution in [1.29, 1.82) is 0 Å². The summed E-state index contributed by atoms with van der Waals surface area (Å²) in [6, 6.07) is 8.76. The number of piperidine rings is 1. The smallest absolute Gasteiger partial charge is 0.414 e. The lowest BCUT2D eigenvalue weighted by molar-refractivity contribution is -0.159. The van der Waals surface area contributed by atoms with Crippen molar-refractivity contribution in [1.82, 2.24) is 4.90 Å². The molecule has 12 heteroatoms. The number of carbonyl (C=O) groups excluding carboxylic acids is 1. The van der Waals surface area contributed by atoms with Gasteiger partial charge < -0.3 is 29.7 Å². The number of carbonyl (C=O) groups is 3. The molecule has 1 aliphatic rings. The number of ether oxygens (including phenoxy) is 3. The number of carboxylic acids is 2. The minimum atomic E-state index is -1.82. The zero-order valence-electron chi connectivity index (χ0n) is 20.5. The van der Waals surface area contributed by atoms with Crippen molar-refractivity contribution in [2.75, 3.05) is 45.8 Å². The second-order valence-corrected chi connectivity index (χ2v) is 8.24. The Morgan fingerprint density at radius 2 is 1.57 bits per heavy atom. The number of hydrogen-bond donors (Lipinski definition) is 3. The summed E-state index contributed by atoms with van der Waals surface area (Å²) in [5.74, 6) is -3.54. The van der Waals surface area contributed by atoms with Crippen LogP contribution < -0.4 is 14.8 Å². The Balaban J connectivity index is 0.000000717. The molecule has 0 saturated carbocycles. The maximum Gasteiger partial charge on any atom is 0.414 e. The van der Waals surface area contributed by atoms with Crippen LogP contribution in [-0.4, -0.2) is 73.4 Å². The van der Waals surface area contributed by atoms with E-state index in [0.717, 1.165) is 55.1 Å². The highest BCUT2D eigenvalue weighted by atomic mass is 19.1. The molecule has 10 nitrogen and oxygen atoms in total. The van der Waals surface area contributed by atoms with Crippen LogP contribution in [0.3, 0.4) is 0 Å². The van der Waals surface area contributed by atoms with Crippen molar-refractivity contribution in [2.24, 2.45) is 5.92 Å². The molecule has 0 aromatic heterocycles. The first kappa shape index (κ1) is 29.5. The van der Waals surface area contributed by atoms with Gasteiger partial charge in [-0.2, -0.15) is 0 Å². The van der Waals surface area contributed by atoms with Crippen LogP contribution in [0.15, 0.2) is 36.4 Å². The zero-order chi connectivity index (χ0) is 27.4. The Hall–Kier alpha value is -3.77. The highest BCUT2D eigenvalue weighted by Gasteiger charge is 2.21. The Morgan fingerprint density at radius 1 is 0.973 bits per heavy atom. The Labute approximate surface area is 212 Å². The summed E-state index contributed by atoms with van der Waals surface area (Å²) in [6.07, 6.45) is 1.83. The number of aliphatic carboxylic acids is 2. The third-order valence-corrected chi connectivity index (χ3v) is 5.50. The van der Waals surface area contributed by atoms with Crippen LogP contribution in [0, 0.1) is 17.6 Å². The number of likely N-dealkylation sites (tertiary alicyclic amines) is 1. The average molecular weight is 525 g/mol. The molecule has 1 aliphatic heterocycles. The second kappa shape index (κ2) is 14.7. The van der Waals surface area contributed by atoms with Gasteiger partial charge >= 0.3 is 11.9 Å². The van der Waals surface area contributed by atoms with E-state index in [1.807, 2.05) is 23.1 Å². The number of hydrogen-bond acceptors (Lipinski definition) is 7. The number of methoxy groups -OCH3 is 2. The van der Waals surface area contributed by atoms with Gasteiger partial charge in [0.15, 0.2) is 0 Å². The molecule has 1 fully saturated rings. The van der Waals surface area contributed by atoms with E-state index in [-0.39, 0.29) is 18.1 Å². The summed E-state index contributed by atoms with van der Waals surface area (Å²) >= 11 is 0. The lowest BCUT2D eigenvalue weighted by Crippen LogP contribution is -2.40. The fraction of sp³-hybridized carbons (Fsp3) is 0.400. The van der Waals surface area contributed by atoms with E-state index in [0.29, 0.717) is 19.1 Å². The van der Waals surface area contributed by atoms with Crippen LogP contribution in [0.2, 0.25) is 0 Å². The van der Waals surface area contributed by atoms with Gasteiger partial charge in [-0.05, 0) is 61.7 Å². The van der Waals surface area contributed by atoms with Crippen LogP contribution in [0.1, 0.15) is 18.4 Å². The van der Waals surface area contributed by atoms with Crippen molar-refractivity contribution < 1.29 is 47.6 Å². The van der Waals surface area contributed by atoms with E-state index in [1.54, 1.807) is 14.2 Å². The van der Waals surface area contributed by atoms with Crippen LogP contribution >= 0.6 is 0 Å². The first-order valence-electron chi connectivity index (χ1n) is 11.3. The molecule has 1 amide bonds. The van der Waals surface area contributed by atoms with E-state index < -0.39 is 23.6 Å². The number of rotatable bonds is 9. The maximum atomic E-state index is 13.7. The highest BCUT2D eigenvalue weighted by molar-refractivity contribution is 6.27. The van der Waals surface area contributed by atoms with E-state index >= 15 is 0 Å². The topological polar surface area (TPSA) is 135 Å². The third-order valence-electron chi connectivity index (χ3n) is 5.50. The van der Waals surface area contributed by atoms with Gasteiger partial charge in [0.2, 0.25) is 5.91 Å². The van der Waals surface area contributed by atoms with Gasteiger partial charge in [0, 0.05) is 18.7 Å². The van der Waals surface area contributed by atoms with Crippen molar-refractivity contribution in [2.45, 2.75) is 19.4 Å². The van der Waals surface area contributed by atoms with Crippen LogP contribution in [0.4, 0.5) is 14.5 Å². The molecular weight excluding hydrogens is 494 g/mol. The number of nitrogens with one attached hydrogen (secondary N) is 1. The minimum Gasteiger partial charge on any atom is -0.497 e. The summed E-state index contributed by atoms with van der Waals surface area (Å²) in [4.78, 5) is 32.4. The third kappa shape index (κ3) is 10.4.